The minimum Gasteiger partial charge on any atom is -0.507 e. The van der Waals surface area contributed by atoms with E-state index < -0.39 is 23.7 Å². The predicted octanol–water partition coefficient (Wildman–Crippen LogP) is 4.89. The highest BCUT2D eigenvalue weighted by Gasteiger charge is 2.47. The van der Waals surface area contributed by atoms with Gasteiger partial charge in [0, 0.05) is 17.4 Å². The summed E-state index contributed by atoms with van der Waals surface area (Å²) < 4.78 is 5.16. The van der Waals surface area contributed by atoms with Crippen molar-refractivity contribution >= 4 is 29.1 Å². The fraction of sp³-hybridized carbons (Fsp3) is 0.214. The van der Waals surface area contributed by atoms with Crippen LogP contribution < -0.4 is 4.90 Å². The van der Waals surface area contributed by atoms with Crippen LogP contribution in [-0.2, 0) is 14.3 Å². The Labute approximate surface area is 203 Å². The number of aliphatic hydroxyl groups excluding tert-OH is 1. The molecule has 1 amide bonds. The largest absolute Gasteiger partial charge is 0.507 e. The molecular weight excluding hydrogens is 444 g/mol. The summed E-state index contributed by atoms with van der Waals surface area (Å²) >= 11 is 0. The van der Waals surface area contributed by atoms with Gasteiger partial charge >= 0.3 is 5.97 Å². The molecule has 7 heteroatoms. The summed E-state index contributed by atoms with van der Waals surface area (Å²) in [7, 11) is 0. The molecular formula is C28H26N2O5. The minimum absolute atomic E-state index is 0.0385. The summed E-state index contributed by atoms with van der Waals surface area (Å²) in [6.45, 7) is 6.08. The van der Waals surface area contributed by atoms with Crippen molar-refractivity contribution in [1.29, 1.82) is 0 Å². The van der Waals surface area contributed by atoms with E-state index in [0.717, 1.165) is 11.1 Å². The Balaban J connectivity index is 1.82. The summed E-state index contributed by atoms with van der Waals surface area (Å²) in [6, 6.07) is 15.9. The normalized spacial score (nSPS) is 17.0. The molecule has 3 aromatic rings. The van der Waals surface area contributed by atoms with Crippen LogP contribution in [0.5, 0.6) is 0 Å². The zero-order valence-electron chi connectivity index (χ0n) is 19.8. The SMILES string of the molecule is CCCOC(=O)c1ccc(N2C(=O)C(=O)/C(=C(\O)c3ccc(C)c(C)c3)C2c2ccccn2)cc1. The number of benzene rings is 2. The Hall–Kier alpha value is -4.26. The Kier molecular flexibility index (Phi) is 6.78. The van der Waals surface area contributed by atoms with Gasteiger partial charge in [0.2, 0.25) is 0 Å². The molecule has 2 aromatic carbocycles. The molecule has 178 valence electrons. The fourth-order valence-corrected chi connectivity index (χ4v) is 4.00. The van der Waals surface area contributed by atoms with Crippen LogP contribution >= 0.6 is 0 Å². The zero-order valence-corrected chi connectivity index (χ0v) is 19.8. The molecule has 2 heterocycles. The summed E-state index contributed by atoms with van der Waals surface area (Å²) in [5.41, 5.74) is 3.56. The highest BCUT2D eigenvalue weighted by Crippen LogP contribution is 2.41. The number of amides is 1. The average Bonchev–Trinajstić information content (AvgIpc) is 3.14. The van der Waals surface area contributed by atoms with Gasteiger partial charge in [-0.1, -0.05) is 25.1 Å². The lowest BCUT2D eigenvalue weighted by molar-refractivity contribution is -0.132. The second kappa shape index (κ2) is 9.93. The Bertz CT molecular complexity index is 1310. The number of hydrogen-bond donors (Lipinski definition) is 1. The quantitative estimate of drug-likeness (QED) is 0.238. The van der Waals surface area contributed by atoms with Gasteiger partial charge in [0.05, 0.1) is 23.4 Å². The maximum atomic E-state index is 13.2. The van der Waals surface area contributed by atoms with Crippen molar-refractivity contribution in [3.8, 4) is 0 Å². The molecule has 1 fully saturated rings. The van der Waals surface area contributed by atoms with Gasteiger partial charge in [-0.05, 0) is 73.9 Å². The first-order valence-corrected chi connectivity index (χ1v) is 11.4. The van der Waals surface area contributed by atoms with E-state index >= 15 is 0 Å². The summed E-state index contributed by atoms with van der Waals surface area (Å²) in [5, 5.41) is 11.2. The molecule has 0 bridgehead atoms. The van der Waals surface area contributed by atoms with Crippen LogP contribution in [0.1, 0.15) is 52.1 Å². The number of anilines is 1. The second-order valence-corrected chi connectivity index (χ2v) is 8.41. The molecule has 1 aliphatic rings. The van der Waals surface area contributed by atoms with Crippen molar-refractivity contribution in [2.75, 3.05) is 11.5 Å². The summed E-state index contributed by atoms with van der Waals surface area (Å²) in [6.07, 6.45) is 2.28. The van der Waals surface area contributed by atoms with E-state index in [4.69, 9.17) is 4.74 Å². The van der Waals surface area contributed by atoms with Gasteiger partial charge in [-0.25, -0.2) is 4.79 Å². The topological polar surface area (TPSA) is 96.8 Å². The van der Waals surface area contributed by atoms with Crippen LogP contribution in [0.25, 0.3) is 5.76 Å². The number of ether oxygens (including phenoxy) is 1. The fourth-order valence-electron chi connectivity index (χ4n) is 4.00. The van der Waals surface area contributed by atoms with Crippen molar-refractivity contribution in [1.82, 2.24) is 4.98 Å². The van der Waals surface area contributed by atoms with Crippen molar-refractivity contribution in [2.45, 2.75) is 33.2 Å². The van der Waals surface area contributed by atoms with E-state index in [9.17, 15) is 19.5 Å². The molecule has 1 unspecified atom stereocenters. The lowest BCUT2D eigenvalue weighted by atomic mass is 9.96. The van der Waals surface area contributed by atoms with Crippen molar-refractivity contribution < 1.29 is 24.2 Å². The van der Waals surface area contributed by atoms with E-state index in [1.165, 1.54) is 4.90 Å². The molecule has 1 saturated heterocycles. The number of carbonyl (C=O) groups excluding carboxylic acids is 3. The number of esters is 1. The first-order valence-electron chi connectivity index (χ1n) is 11.4. The Morgan fingerprint density at radius 1 is 1.00 bits per heavy atom. The Morgan fingerprint density at radius 3 is 2.34 bits per heavy atom. The maximum Gasteiger partial charge on any atom is 0.338 e. The van der Waals surface area contributed by atoms with Crippen LogP contribution in [0.15, 0.2) is 72.4 Å². The molecule has 0 radical (unpaired) electrons. The number of aromatic nitrogens is 1. The molecule has 4 rings (SSSR count). The third-order valence-electron chi connectivity index (χ3n) is 6.01. The third kappa shape index (κ3) is 4.57. The zero-order chi connectivity index (χ0) is 25.1. The van der Waals surface area contributed by atoms with Gasteiger partial charge in [0.1, 0.15) is 11.8 Å². The van der Waals surface area contributed by atoms with Gasteiger partial charge < -0.3 is 9.84 Å². The van der Waals surface area contributed by atoms with Crippen LogP contribution in [0.3, 0.4) is 0 Å². The van der Waals surface area contributed by atoms with E-state index in [1.807, 2.05) is 26.8 Å². The van der Waals surface area contributed by atoms with Gasteiger partial charge in [-0.2, -0.15) is 0 Å². The van der Waals surface area contributed by atoms with Crippen molar-refractivity contribution in [2.24, 2.45) is 0 Å². The molecule has 1 aliphatic heterocycles. The molecule has 1 atom stereocenters. The number of aryl methyl sites for hydroxylation is 2. The van der Waals surface area contributed by atoms with Crippen LogP contribution in [-0.4, -0.2) is 34.4 Å². The first kappa shape index (κ1) is 23.9. The van der Waals surface area contributed by atoms with E-state index in [1.54, 1.807) is 60.8 Å². The molecule has 0 saturated carbocycles. The number of pyridine rings is 1. The van der Waals surface area contributed by atoms with Crippen LogP contribution in [0, 0.1) is 13.8 Å². The predicted molar refractivity (Wildman–Crippen MR) is 132 cm³/mol. The maximum absolute atomic E-state index is 13.2. The lowest BCUT2D eigenvalue weighted by Gasteiger charge is -2.24. The molecule has 7 nitrogen and oxygen atoms in total. The molecule has 35 heavy (non-hydrogen) atoms. The van der Waals surface area contributed by atoms with E-state index in [2.05, 4.69) is 4.98 Å². The van der Waals surface area contributed by atoms with Gasteiger partial charge in [0.15, 0.2) is 0 Å². The Morgan fingerprint density at radius 2 is 1.71 bits per heavy atom. The highest BCUT2D eigenvalue weighted by molar-refractivity contribution is 6.51. The number of ketones is 1. The van der Waals surface area contributed by atoms with Gasteiger partial charge in [-0.3, -0.25) is 19.5 Å². The molecule has 0 aliphatic carbocycles. The number of hydrogen-bond acceptors (Lipinski definition) is 6. The molecule has 1 aromatic heterocycles. The van der Waals surface area contributed by atoms with Crippen LogP contribution in [0.4, 0.5) is 5.69 Å². The standard InChI is InChI=1S/C28H26N2O5/c1-4-15-35-28(34)19-10-12-21(13-11-19)30-24(22-7-5-6-14-29-22)23(26(32)27(30)33)25(31)20-9-8-17(2)18(3)16-20/h5-14,16,24,31H,4,15H2,1-3H3/b25-23-. The lowest BCUT2D eigenvalue weighted by Crippen LogP contribution is -2.29. The third-order valence-corrected chi connectivity index (χ3v) is 6.01. The summed E-state index contributed by atoms with van der Waals surface area (Å²) in [5.74, 6) is -2.31. The summed E-state index contributed by atoms with van der Waals surface area (Å²) in [4.78, 5) is 44.3. The monoisotopic (exact) mass is 470 g/mol. The van der Waals surface area contributed by atoms with Crippen molar-refractivity contribution in [3.05, 3.63) is 100 Å². The average molecular weight is 471 g/mol. The number of carbonyl (C=O) groups is 3. The van der Waals surface area contributed by atoms with E-state index in [-0.39, 0.29) is 11.3 Å². The molecule has 1 N–H and O–H groups in total. The number of rotatable bonds is 6. The molecule has 0 spiro atoms. The van der Waals surface area contributed by atoms with Gasteiger partial charge in [-0.15, -0.1) is 0 Å². The first-order chi connectivity index (χ1) is 16.8. The number of nitrogens with zero attached hydrogens (tertiary/aromatic N) is 2. The van der Waals surface area contributed by atoms with Crippen molar-refractivity contribution in [3.63, 3.8) is 0 Å². The highest BCUT2D eigenvalue weighted by atomic mass is 16.5. The van der Waals surface area contributed by atoms with Crippen LogP contribution in [0.2, 0.25) is 0 Å². The number of aliphatic hydroxyl groups is 1. The number of Topliss-reactive ketones (excluding diaryl/α,β-unsaturated/α-hetero) is 1. The smallest absolute Gasteiger partial charge is 0.338 e. The minimum atomic E-state index is -0.935. The second-order valence-electron chi connectivity index (χ2n) is 8.41. The van der Waals surface area contributed by atoms with E-state index in [0.29, 0.717) is 35.5 Å². The van der Waals surface area contributed by atoms with Gasteiger partial charge in [0.25, 0.3) is 11.7 Å².